The van der Waals surface area contributed by atoms with Crippen molar-refractivity contribution in [3.63, 3.8) is 0 Å². The van der Waals surface area contributed by atoms with Crippen molar-refractivity contribution in [3.8, 4) is 11.5 Å². The van der Waals surface area contributed by atoms with Crippen molar-refractivity contribution in [2.24, 2.45) is 0 Å². The Morgan fingerprint density at radius 3 is 2.44 bits per heavy atom. The predicted molar refractivity (Wildman–Crippen MR) is 146 cm³/mol. The summed E-state index contributed by atoms with van der Waals surface area (Å²) in [6, 6.07) is 23.6. The lowest BCUT2D eigenvalue weighted by molar-refractivity contribution is -0.123. The molecule has 0 radical (unpaired) electrons. The minimum Gasteiger partial charge on any atom is -0.493 e. The van der Waals surface area contributed by atoms with Gasteiger partial charge in [0.25, 0.3) is 11.1 Å². The van der Waals surface area contributed by atoms with E-state index in [1.807, 2.05) is 54.7 Å². The molecule has 0 bridgehead atoms. The summed E-state index contributed by atoms with van der Waals surface area (Å²) in [5.74, 6) is 0.866. The molecule has 1 aliphatic heterocycles. The highest BCUT2D eigenvalue weighted by Crippen LogP contribution is 2.34. The topological polar surface area (TPSA) is 60.8 Å². The van der Waals surface area contributed by atoms with Crippen LogP contribution in [0.4, 0.5) is 4.79 Å². The highest BCUT2D eigenvalue weighted by Gasteiger charge is 2.35. The lowest BCUT2D eigenvalue weighted by Crippen LogP contribution is -2.32. The van der Waals surface area contributed by atoms with Gasteiger partial charge in [-0.15, -0.1) is 0 Å². The van der Waals surface area contributed by atoms with Crippen LogP contribution in [0.2, 0.25) is 0 Å². The third-order valence-corrected chi connectivity index (χ3v) is 7.32. The first-order chi connectivity index (χ1) is 17.5. The number of hydrogen-bond donors (Lipinski definition) is 0. The molecule has 0 unspecified atom stereocenters. The first-order valence-corrected chi connectivity index (χ1v) is 13.0. The second-order valence-electron chi connectivity index (χ2n) is 8.19. The molecule has 36 heavy (non-hydrogen) atoms. The first kappa shape index (κ1) is 24.2. The molecule has 0 spiro atoms. The number of amides is 2. The number of benzene rings is 3. The molecular formula is C28H23BrN2O4S. The van der Waals surface area contributed by atoms with E-state index in [1.165, 1.54) is 10.5 Å². The van der Waals surface area contributed by atoms with Crippen LogP contribution in [0.3, 0.4) is 0 Å². The molecule has 1 aromatic heterocycles. The van der Waals surface area contributed by atoms with Gasteiger partial charge in [-0.1, -0.05) is 58.4 Å². The SMILES string of the molecule is COc1ccccc1OCCN1C(=O)S/C(=C\c2cn(Cc3ccc(Br)cc3)c3ccccc23)C1=O. The smallest absolute Gasteiger partial charge is 0.293 e. The van der Waals surface area contributed by atoms with E-state index in [0.29, 0.717) is 22.9 Å². The third-order valence-electron chi connectivity index (χ3n) is 5.89. The van der Waals surface area contributed by atoms with Gasteiger partial charge < -0.3 is 14.0 Å². The fourth-order valence-corrected chi connectivity index (χ4v) is 5.25. The zero-order chi connectivity index (χ0) is 25.1. The minimum atomic E-state index is -0.307. The monoisotopic (exact) mass is 562 g/mol. The molecule has 0 atom stereocenters. The van der Waals surface area contributed by atoms with Crippen LogP contribution in [-0.4, -0.2) is 40.9 Å². The molecule has 1 saturated heterocycles. The van der Waals surface area contributed by atoms with Gasteiger partial charge in [-0.2, -0.15) is 0 Å². The normalized spacial score (nSPS) is 14.7. The Balaban J connectivity index is 1.34. The van der Waals surface area contributed by atoms with Gasteiger partial charge in [0.1, 0.15) is 6.61 Å². The number of ether oxygens (including phenoxy) is 2. The highest BCUT2D eigenvalue weighted by atomic mass is 79.9. The molecule has 1 fully saturated rings. The fraction of sp³-hybridized carbons (Fsp3) is 0.143. The van der Waals surface area contributed by atoms with Crippen molar-refractivity contribution in [3.05, 3.63) is 99.5 Å². The molecule has 182 valence electrons. The van der Waals surface area contributed by atoms with Crippen LogP contribution >= 0.6 is 27.7 Å². The molecule has 2 heterocycles. The average Bonchev–Trinajstić information content (AvgIpc) is 3.37. The lowest BCUT2D eigenvalue weighted by Gasteiger charge is -2.14. The van der Waals surface area contributed by atoms with Gasteiger partial charge in [0, 0.05) is 33.7 Å². The molecule has 3 aromatic carbocycles. The zero-order valence-electron chi connectivity index (χ0n) is 19.5. The summed E-state index contributed by atoms with van der Waals surface area (Å²) in [6.45, 7) is 1.03. The maximum atomic E-state index is 13.1. The standard InChI is InChI=1S/C28H23BrN2O4S/c1-34-24-8-4-5-9-25(24)35-15-14-31-27(32)26(36-28(31)33)16-20-18-30(23-7-3-2-6-22(20)23)17-19-10-12-21(29)13-11-19/h2-13,16,18H,14-15,17H2,1H3/b26-16-. The zero-order valence-corrected chi connectivity index (χ0v) is 21.9. The quantitative estimate of drug-likeness (QED) is 0.227. The van der Waals surface area contributed by atoms with Gasteiger partial charge >= 0.3 is 0 Å². The number of halogens is 1. The number of hydrogen-bond acceptors (Lipinski definition) is 5. The summed E-state index contributed by atoms with van der Waals surface area (Å²) < 4.78 is 14.2. The van der Waals surface area contributed by atoms with Crippen LogP contribution in [0.5, 0.6) is 11.5 Å². The number of rotatable bonds is 8. The summed E-state index contributed by atoms with van der Waals surface area (Å²) in [5, 5.41) is 0.731. The average molecular weight is 563 g/mol. The van der Waals surface area contributed by atoms with Crippen LogP contribution in [0, 0.1) is 0 Å². The van der Waals surface area contributed by atoms with Crippen molar-refractivity contribution in [2.45, 2.75) is 6.54 Å². The third kappa shape index (κ3) is 5.05. The summed E-state index contributed by atoms with van der Waals surface area (Å²) in [5.41, 5.74) is 3.13. The Morgan fingerprint density at radius 2 is 1.67 bits per heavy atom. The number of aromatic nitrogens is 1. The summed E-state index contributed by atoms with van der Waals surface area (Å²) in [7, 11) is 1.57. The number of carbonyl (C=O) groups excluding carboxylic acids is 2. The Morgan fingerprint density at radius 1 is 0.944 bits per heavy atom. The van der Waals surface area contributed by atoms with Crippen LogP contribution in [0.25, 0.3) is 17.0 Å². The summed E-state index contributed by atoms with van der Waals surface area (Å²) in [4.78, 5) is 27.3. The first-order valence-electron chi connectivity index (χ1n) is 11.4. The number of para-hydroxylation sites is 3. The van der Waals surface area contributed by atoms with Gasteiger partial charge in [-0.25, -0.2) is 0 Å². The molecule has 5 rings (SSSR count). The van der Waals surface area contributed by atoms with Gasteiger partial charge in [-0.3, -0.25) is 14.5 Å². The number of carbonyl (C=O) groups is 2. The van der Waals surface area contributed by atoms with E-state index in [1.54, 1.807) is 19.2 Å². The van der Waals surface area contributed by atoms with Gasteiger partial charge in [0.05, 0.1) is 18.6 Å². The number of imide groups is 1. The van der Waals surface area contributed by atoms with E-state index < -0.39 is 0 Å². The Bertz CT molecular complexity index is 1460. The van der Waals surface area contributed by atoms with Crippen molar-refractivity contribution >= 4 is 55.8 Å². The fourth-order valence-electron chi connectivity index (χ4n) is 4.13. The molecule has 0 saturated carbocycles. The molecule has 4 aromatic rings. The van der Waals surface area contributed by atoms with Crippen molar-refractivity contribution in [2.75, 3.05) is 20.3 Å². The number of nitrogens with zero attached hydrogens (tertiary/aromatic N) is 2. The highest BCUT2D eigenvalue weighted by molar-refractivity contribution is 9.10. The van der Waals surface area contributed by atoms with Gasteiger partial charge in [0.15, 0.2) is 11.5 Å². The van der Waals surface area contributed by atoms with E-state index in [0.717, 1.165) is 32.7 Å². The second-order valence-corrected chi connectivity index (χ2v) is 10.1. The molecular weight excluding hydrogens is 540 g/mol. The molecule has 0 N–H and O–H groups in total. The van der Waals surface area contributed by atoms with Crippen molar-refractivity contribution < 1.29 is 19.1 Å². The second kappa shape index (κ2) is 10.6. The van der Waals surface area contributed by atoms with Gasteiger partial charge in [0.2, 0.25) is 0 Å². The summed E-state index contributed by atoms with van der Waals surface area (Å²) >= 11 is 4.44. The van der Waals surface area contributed by atoms with Gasteiger partial charge in [-0.05, 0) is 53.7 Å². The molecule has 1 aliphatic rings. The minimum absolute atomic E-state index is 0.158. The molecule has 6 nitrogen and oxygen atoms in total. The number of methoxy groups -OCH3 is 1. The van der Waals surface area contributed by atoms with Crippen LogP contribution in [0.15, 0.2) is 88.4 Å². The lowest BCUT2D eigenvalue weighted by atomic mass is 10.1. The van der Waals surface area contributed by atoms with Crippen molar-refractivity contribution in [1.82, 2.24) is 9.47 Å². The number of thioether (sulfide) groups is 1. The van der Waals surface area contributed by atoms with E-state index in [9.17, 15) is 9.59 Å². The molecule has 0 aliphatic carbocycles. The maximum absolute atomic E-state index is 13.1. The van der Waals surface area contributed by atoms with Crippen molar-refractivity contribution in [1.29, 1.82) is 0 Å². The summed E-state index contributed by atoms with van der Waals surface area (Å²) in [6.07, 6.45) is 3.85. The Labute approximate surface area is 221 Å². The van der Waals surface area contributed by atoms with Crippen LogP contribution < -0.4 is 9.47 Å². The Kier molecular flexibility index (Phi) is 7.16. The van der Waals surface area contributed by atoms with Crippen LogP contribution in [0.1, 0.15) is 11.1 Å². The van der Waals surface area contributed by atoms with Crippen LogP contribution in [-0.2, 0) is 11.3 Å². The Hall–Kier alpha value is -3.49. The maximum Gasteiger partial charge on any atom is 0.293 e. The van der Waals surface area contributed by atoms with E-state index in [2.05, 4.69) is 38.7 Å². The predicted octanol–water partition coefficient (Wildman–Crippen LogP) is 6.58. The largest absolute Gasteiger partial charge is 0.493 e. The number of fused-ring (bicyclic) bond motifs is 1. The molecule has 2 amide bonds. The molecule has 8 heteroatoms. The van der Waals surface area contributed by atoms with E-state index in [-0.39, 0.29) is 24.3 Å². The van der Waals surface area contributed by atoms with E-state index >= 15 is 0 Å². The van der Waals surface area contributed by atoms with E-state index in [4.69, 9.17) is 9.47 Å².